The maximum atomic E-state index is 6.21. The zero-order chi connectivity index (χ0) is 13.0. The summed E-state index contributed by atoms with van der Waals surface area (Å²) in [6.45, 7) is 0.513. The van der Waals surface area contributed by atoms with Gasteiger partial charge in [0.2, 0.25) is 0 Å². The van der Waals surface area contributed by atoms with Gasteiger partial charge >= 0.3 is 0 Å². The average Bonchev–Trinajstić information content (AvgIpc) is 2.39. The van der Waals surface area contributed by atoms with Crippen molar-refractivity contribution < 1.29 is 0 Å². The number of halogens is 2. The maximum Gasteiger partial charge on any atom is 0.110 e. The largest absolute Gasteiger partial charge is 0.326 e. The third-order valence-electron chi connectivity index (χ3n) is 2.44. The lowest BCUT2D eigenvalue weighted by molar-refractivity contribution is 1.07. The van der Waals surface area contributed by atoms with Crippen LogP contribution in [-0.4, -0.2) is 4.98 Å². The summed E-state index contributed by atoms with van der Waals surface area (Å²) in [5.41, 5.74) is 7.72. The minimum Gasteiger partial charge on any atom is -0.326 e. The lowest BCUT2D eigenvalue weighted by Gasteiger charge is -2.06. The highest BCUT2D eigenvalue weighted by atomic mass is 79.9. The van der Waals surface area contributed by atoms with Crippen molar-refractivity contribution in [2.75, 3.05) is 0 Å². The third kappa shape index (κ3) is 3.48. The Balaban J connectivity index is 2.09. The summed E-state index contributed by atoms with van der Waals surface area (Å²) < 4.78 is 1.00. The Bertz CT molecular complexity index is 548. The molecule has 2 N–H and O–H groups in total. The van der Waals surface area contributed by atoms with Gasteiger partial charge in [0, 0.05) is 28.0 Å². The highest BCUT2D eigenvalue weighted by Gasteiger charge is 2.05. The van der Waals surface area contributed by atoms with Crippen molar-refractivity contribution in [2.45, 2.75) is 17.3 Å². The topological polar surface area (TPSA) is 38.9 Å². The summed E-state index contributed by atoms with van der Waals surface area (Å²) in [4.78, 5) is 4.31. The minimum atomic E-state index is 0.513. The number of rotatable bonds is 4. The first-order chi connectivity index (χ1) is 8.70. The highest BCUT2D eigenvalue weighted by Crippen LogP contribution is 2.30. The molecule has 0 amide bonds. The molecule has 5 heteroatoms. The molecular formula is C13H12BrClN2S. The van der Waals surface area contributed by atoms with E-state index < -0.39 is 0 Å². The van der Waals surface area contributed by atoms with Crippen molar-refractivity contribution in [3.05, 3.63) is 57.2 Å². The molecule has 0 spiro atoms. The summed E-state index contributed by atoms with van der Waals surface area (Å²) in [5, 5.41) is 1.73. The van der Waals surface area contributed by atoms with Crippen molar-refractivity contribution in [1.29, 1.82) is 0 Å². The number of hydrogen-bond acceptors (Lipinski definition) is 3. The fourth-order valence-electron chi connectivity index (χ4n) is 1.46. The first-order valence-electron chi connectivity index (χ1n) is 5.41. The van der Waals surface area contributed by atoms with Gasteiger partial charge in [-0.15, -0.1) is 11.8 Å². The van der Waals surface area contributed by atoms with Crippen LogP contribution in [0.3, 0.4) is 0 Å². The van der Waals surface area contributed by atoms with E-state index in [2.05, 4.69) is 20.9 Å². The van der Waals surface area contributed by atoms with Crippen molar-refractivity contribution in [3.63, 3.8) is 0 Å². The molecule has 1 aromatic carbocycles. The molecule has 0 saturated carbocycles. The van der Waals surface area contributed by atoms with Gasteiger partial charge in [-0.2, -0.15) is 0 Å². The molecule has 0 fully saturated rings. The molecule has 94 valence electrons. The molecule has 1 aromatic heterocycles. The number of thioether (sulfide) groups is 1. The molecule has 0 saturated heterocycles. The second-order valence-corrected chi connectivity index (χ2v) is 5.93. The van der Waals surface area contributed by atoms with Crippen molar-refractivity contribution in [3.8, 4) is 0 Å². The van der Waals surface area contributed by atoms with E-state index in [1.165, 1.54) is 0 Å². The molecule has 0 aliphatic rings. The maximum absolute atomic E-state index is 6.21. The van der Waals surface area contributed by atoms with Gasteiger partial charge in [0.05, 0.1) is 0 Å². The quantitative estimate of drug-likeness (QED) is 0.844. The van der Waals surface area contributed by atoms with Crippen LogP contribution in [0.5, 0.6) is 0 Å². The lowest BCUT2D eigenvalue weighted by atomic mass is 10.1. The normalized spacial score (nSPS) is 10.6. The molecule has 0 aliphatic carbocycles. The molecule has 2 nitrogen and oxygen atoms in total. The predicted octanol–water partition coefficient (Wildman–Crippen LogP) is 4.25. The Hall–Kier alpha value is -0.550. The van der Waals surface area contributed by atoms with E-state index in [1.54, 1.807) is 18.0 Å². The molecule has 0 unspecified atom stereocenters. The second kappa shape index (κ2) is 6.57. The van der Waals surface area contributed by atoms with Gasteiger partial charge < -0.3 is 5.73 Å². The van der Waals surface area contributed by atoms with Gasteiger partial charge in [-0.25, -0.2) is 4.98 Å². The van der Waals surface area contributed by atoms with Gasteiger partial charge in [-0.1, -0.05) is 23.7 Å². The molecule has 1 heterocycles. The van der Waals surface area contributed by atoms with E-state index >= 15 is 0 Å². The Kier molecular flexibility index (Phi) is 5.06. The highest BCUT2D eigenvalue weighted by molar-refractivity contribution is 9.10. The van der Waals surface area contributed by atoms with E-state index in [1.807, 2.05) is 30.3 Å². The zero-order valence-corrected chi connectivity index (χ0v) is 12.7. The first kappa shape index (κ1) is 13.9. The van der Waals surface area contributed by atoms with Gasteiger partial charge in [0.25, 0.3) is 0 Å². The van der Waals surface area contributed by atoms with Gasteiger partial charge in [-0.3, -0.25) is 0 Å². The Morgan fingerprint density at radius 2 is 2.17 bits per heavy atom. The molecular weight excluding hydrogens is 332 g/mol. The van der Waals surface area contributed by atoms with Crippen molar-refractivity contribution in [2.24, 2.45) is 5.73 Å². The number of nitrogens with zero attached hydrogens (tertiary/aromatic N) is 1. The number of hydrogen-bond donors (Lipinski definition) is 1. The summed E-state index contributed by atoms with van der Waals surface area (Å²) in [6, 6.07) is 9.83. The summed E-state index contributed by atoms with van der Waals surface area (Å²) >= 11 is 11.3. The van der Waals surface area contributed by atoms with E-state index in [0.717, 1.165) is 31.4 Å². The van der Waals surface area contributed by atoms with Crippen LogP contribution in [-0.2, 0) is 12.3 Å². The van der Waals surface area contributed by atoms with E-state index in [-0.39, 0.29) is 0 Å². The number of aromatic nitrogens is 1. The van der Waals surface area contributed by atoms with E-state index in [9.17, 15) is 0 Å². The molecule has 18 heavy (non-hydrogen) atoms. The number of benzene rings is 1. The smallest absolute Gasteiger partial charge is 0.110 e. The van der Waals surface area contributed by atoms with Crippen LogP contribution >= 0.6 is 39.3 Å². The van der Waals surface area contributed by atoms with Crippen LogP contribution in [0.25, 0.3) is 0 Å². The summed E-state index contributed by atoms with van der Waals surface area (Å²) in [7, 11) is 0. The standard InChI is InChI=1S/C13H12BrClN2S/c14-11-2-1-5-17-13(11)18-8-10-4-3-9(7-16)6-12(10)15/h1-6H,7-8,16H2. The van der Waals surface area contributed by atoms with Crippen molar-refractivity contribution in [1.82, 2.24) is 4.98 Å². The SMILES string of the molecule is NCc1ccc(CSc2ncccc2Br)c(Cl)c1. The Labute approximate surface area is 124 Å². The Morgan fingerprint density at radius 1 is 1.33 bits per heavy atom. The van der Waals surface area contributed by atoms with Crippen LogP contribution in [0, 0.1) is 0 Å². The van der Waals surface area contributed by atoms with Crippen LogP contribution in [0.15, 0.2) is 46.0 Å². The van der Waals surface area contributed by atoms with Crippen LogP contribution in [0.1, 0.15) is 11.1 Å². The molecule has 2 rings (SSSR count). The van der Waals surface area contributed by atoms with E-state index in [4.69, 9.17) is 17.3 Å². The Morgan fingerprint density at radius 3 is 2.83 bits per heavy atom. The van der Waals surface area contributed by atoms with Crippen molar-refractivity contribution >= 4 is 39.3 Å². The van der Waals surface area contributed by atoms with Crippen LogP contribution in [0.4, 0.5) is 0 Å². The van der Waals surface area contributed by atoms with Crippen LogP contribution < -0.4 is 5.73 Å². The molecule has 0 bridgehead atoms. The lowest BCUT2D eigenvalue weighted by Crippen LogP contribution is -1.96. The monoisotopic (exact) mass is 342 g/mol. The molecule has 2 aromatic rings. The fraction of sp³-hybridized carbons (Fsp3) is 0.154. The predicted molar refractivity (Wildman–Crippen MR) is 80.8 cm³/mol. The zero-order valence-electron chi connectivity index (χ0n) is 9.57. The first-order valence-corrected chi connectivity index (χ1v) is 7.57. The summed E-state index contributed by atoms with van der Waals surface area (Å²) in [6.07, 6.45) is 1.78. The molecule has 0 radical (unpaired) electrons. The number of nitrogens with two attached hydrogens (primary N) is 1. The fourth-order valence-corrected chi connectivity index (χ4v) is 3.29. The molecule has 0 aliphatic heterocycles. The summed E-state index contributed by atoms with van der Waals surface area (Å²) in [5.74, 6) is 0.791. The van der Waals surface area contributed by atoms with Gasteiger partial charge in [0.1, 0.15) is 5.03 Å². The average molecular weight is 344 g/mol. The minimum absolute atomic E-state index is 0.513. The second-order valence-electron chi connectivity index (χ2n) is 3.71. The van der Waals surface area contributed by atoms with E-state index in [0.29, 0.717) is 6.54 Å². The van der Waals surface area contributed by atoms with Crippen LogP contribution in [0.2, 0.25) is 5.02 Å². The third-order valence-corrected chi connectivity index (χ3v) is 4.75. The van der Waals surface area contributed by atoms with Gasteiger partial charge in [-0.05, 0) is 45.3 Å². The molecule has 0 atom stereocenters. The number of pyridine rings is 1. The van der Waals surface area contributed by atoms with Gasteiger partial charge in [0.15, 0.2) is 0 Å².